The molecular formula is C25H26BrNO4. The molecule has 31 heavy (non-hydrogen) atoms. The van der Waals surface area contributed by atoms with Crippen molar-refractivity contribution < 1.29 is 19.4 Å². The molecular weight excluding hydrogens is 458 g/mol. The molecule has 1 aliphatic rings. The fourth-order valence-corrected chi connectivity index (χ4v) is 3.96. The third kappa shape index (κ3) is 5.71. The lowest BCUT2D eigenvalue weighted by molar-refractivity contribution is -0.129. The second kappa shape index (κ2) is 10.6. The van der Waals surface area contributed by atoms with Crippen LogP contribution in [0.3, 0.4) is 0 Å². The molecule has 1 heterocycles. The van der Waals surface area contributed by atoms with Crippen LogP contribution in [0, 0.1) is 0 Å². The average Bonchev–Trinajstić information content (AvgIpc) is 3.00. The van der Waals surface area contributed by atoms with Crippen molar-refractivity contribution in [1.82, 2.24) is 4.90 Å². The van der Waals surface area contributed by atoms with Crippen LogP contribution in [0.1, 0.15) is 37.4 Å². The van der Waals surface area contributed by atoms with Crippen LogP contribution in [0.2, 0.25) is 0 Å². The highest BCUT2D eigenvalue weighted by Gasteiger charge is 2.42. The maximum atomic E-state index is 13.1. The molecule has 0 aliphatic carbocycles. The summed E-state index contributed by atoms with van der Waals surface area (Å²) < 4.78 is 6.42. The van der Waals surface area contributed by atoms with E-state index >= 15 is 0 Å². The summed E-state index contributed by atoms with van der Waals surface area (Å²) in [6, 6.07) is 16.2. The van der Waals surface area contributed by atoms with E-state index in [0.717, 1.165) is 15.6 Å². The average molecular weight is 484 g/mol. The molecule has 6 heteroatoms. The molecule has 2 aromatic carbocycles. The summed E-state index contributed by atoms with van der Waals surface area (Å²) in [4.78, 5) is 27.5. The van der Waals surface area contributed by atoms with E-state index in [-0.39, 0.29) is 17.5 Å². The highest BCUT2D eigenvalue weighted by molar-refractivity contribution is 9.10. The van der Waals surface area contributed by atoms with Crippen molar-refractivity contribution in [1.29, 1.82) is 0 Å². The summed E-state index contributed by atoms with van der Waals surface area (Å²) in [6.07, 6.45) is 3.79. The molecule has 162 valence electrons. The molecule has 3 rings (SSSR count). The van der Waals surface area contributed by atoms with Gasteiger partial charge in [0.15, 0.2) is 11.5 Å². The van der Waals surface area contributed by atoms with Crippen molar-refractivity contribution in [3.8, 4) is 0 Å². The largest absolute Gasteiger partial charge is 0.503 e. The Morgan fingerprint density at radius 3 is 2.61 bits per heavy atom. The highest BCUT2D eigenvalue weighted by atomic mass is 79.9. The van der Waals surface area contributed by atoms with E-state index in [1.54, 1.807) is 11.0 Å². The quantitative estimate of drug-likeness (QED) is 0.391. The standard InChI is InChI=1S/C25H26BrNO4/c1-17(2)31-15-7-14-27-23(19-10-6-11-20(26)16-19)22(24(29)25(27)30)21(28)13-12-18-8-4-3-5-9-18/h3-6,8-13,16-17,23,29H,7,14-15H2,1-2H3/b13-12+/t23-/m0/s1. The molecule has 0 spiro atoms. The molecule has 2 aromatic rings. The van der Waals surface area contributed by atoms with E-state index in [4.69, 9.17) is 4.74 Å². The van der Waals surface area contributed by atoms with Gasteiger partial charge in [0.25, 0.3) is 5.91 Å². The van der Waals surface area contributed by atoms with Gasteiger partial charge in [-0.2, -0.15) is 0 Å². The second-order valence-corrected chi connectivity index (χ2v) is 8.52. The number of hydrogen-bond donors (Lipinski definition) is 1. The number of nitrogens with zero attached hydrogens (tertiary/aromatic N) is 1. The molecule has 0 unspecified atom stereocenters. The van der Waals surface area contributed by atoms with Crippen LogP contribution in [0.5, 0.6) is 0 Å². The lowest BCUT2D eigenvalue weighted by Crippen LogP contribution is -2.32. The molecule has 0 fully saturated rings. The fourth-order valence-electron chi connectivity index (χ4n) is 3.54. The summed E-state index contributed by atoms with van der Waals surface area (Å²) in [6.45, 7) is 4.76. The van der Waals surface area contributed by atoms with Crippen LogP contribution < -0.4 is 0 Å². The molecule has 1 amide bonds. The minimum Gasteiger partial charge on any atom is -0.503 e. The number of carbonyl (C=O) groups is 2. The summed E-state index contributed by atoms with van der Waals surface area (Å²) in [7, 11) is 0. The van der Waals surface area contributed by atoms with E-state index in [0.29, 0.717) is 19.6 Å². The number of halogens is 1. The van der Waals surface area contributed by atoms with Crippen molar-refractivity contribution in [2.75, 3.05) is 13.2 Å². The third-order valence-corrected chi connectivity index (χ3v) is 5.45. The molecule has 0 saturated heterocycles. The molecule has 1 atom stereocenters. The maximum Gasteiger partial charge on any atom is 0.290 e. The Morgan fingerprint density at radius 1 is 1.19 bits per heavy atom. The number of amides is 1. The summed E-state index contributed by atoms with van der Waals surface area (Å²) in [5.41, 5.74) is 1.72. The second-order valence-electron chi connectivity index (χ2n) is 7.60. The first kappa shape index (κ1) is 23.0. The van der Waals surface area contributed by atoms with E-state index in [2.05, 4.69) is 15.9 Å². The minimum absolute atomic E-state index is 0.0973. The van der Waals surface area contributed by atoms with Crippen molar-refractivity contribution in [2.24, 2.45) is 0 Å². The van der Waals surface area contributed by atoms with Crippen LogP contribution in [-0.2, 0) is 14.3 Å². The molecule has 0 saturated carbocycles. The number of ether oxygens (including phenoxy) is 1. The zero-order valence-electron chi connectivity index (χ0n) is 17.6. The first-order valence-electron chi connectivity index (χ1n) is 10.3. The van der Waals surface area contributed by atoms with Gasteiger partial charge in [-0.25, -0.2) is 0 Å². The number of hydrogen-bond acceptors (Lipinski definition) is 4. The van der Waals surface area contributed by atoms with Crippen LogP contribution in [-0.4, -0.2) is 41.0 Å². The van der Waals surface area contributed by atoms with Crippen molar-refractivity contribution in [3.05, 3.63) is 87.6 Å². The Balaban J connectivity index is 1.90. The van der Waals surface area contributed by atoms with Crippen molar-refractivity contribution >= 4 is 33.7 Å². The van der Waals surface area contributed by atoms with Gasteiger partial charge >= 0.3 is 0 Å². The van der Waals surface area contributed by atoms with E-state index in [1.807, 2.05) is 68.4 Å². The van der Waals surface area contributed by atoms with E-state index in [1.165, 1.54) is 6.08 Å². The van der Waals surface area contributed by atoms with Crippen LogP contribution in [0.15, 0.2) is 76.5 Å². The monoisotopic (exact) mass is 483 g/mol. The Morgan fingerprint density at radius 2 is 1.94 bits per heavy atom. The van der Waals surface area contributed by atoms with E-state index < -0.39 is 17.7 Å². The van der Waals surface area contributed by atoms with Crippen LogP contribution >= 0.6 is 15.9 Å². The zero-order chi connectivity index (χ0) is 22.4. The first-order valence-corrected chi connectivity index (χ1v) is 11.1. The topological polar surface area (TPSA) is 66.8 Å². The number of rotatable bonds is 9. The Labute approximate surface area is 191 Å². The van der Waals surface area contributed by atoms with Gasteiger partial charge in [-0.3, -0.25) is 9.59 Å². The normalized spacial score (nSPS) is 16.7. The lowest BCUT2D eigenvalue weighted by Gasteiger charge is -2.27. The van der Waals surface area contributed by atoms with Crippen LogP contribution in [0.4, 0.5) is 0 Å². The summed E-state index contributed by atoms with van der Waals surface area (Å²) in [5.74, 6) is -1.41. The third-order valence-electron chi connectivity index (χ3n) is 4.95. The van der Waals surface area contributed by atoms with Gasteiger partial charge in [0.05, 0.1) is 17.7 Å². The zero-order valence-corrected chi connectivity index (χ0v) is 19.2. The van der Waals surface area contributed by atoms with Crippen molar-refractivity contribution in [3.63, 3.8) is 0 Å². The van der Waals surface area contributed by atoms with Crippen LogP contribution in [0.25, 0.3) is 6.08 Å². The molecule has 5 nitrogen and oxygen atoms in total. The maximum absolute atomic E-state index is 13.1. The Bertz CT molecular complexity index is 998. The smallest absolute Gasteiger partial charge is 0.290 e. The van der Waals surface area contributed by atoms with Gasteiger partial charge in [0, 0.05) is 17.6 Å². The SMILES string of the molecule is CC(C)OCCCN1C(=O)C(O)=C(C(=O)/C=C/c2ccccc2)[C@@H]1c1cccc(Br)c1. The number of carbonyl (C=O) groups excluding carboxylic acids is 2. The van der Waals surface area contributed by atoms with E-state index in [9.17, 15) is 14.7 Å². The van der Waals surface area contributed by atoms with Gasteiger partial charge in [0.1, 0.15) is 0 Å². The molecule has 0 radical (unpaired) electrons. The van der Waals surface area contributed by atoms with Gasteiger partial charge in [-0.15, -0.1) is 0 Å². The lowest BCUT2D eigenvalue weighted by atomic mass is 9.95. The number of ketones is 1. The Kier molecular flexibility index (Phi) is 7.82. The molecule has 1 aliphatic heterocycles. The summed E-state index contributed by atoms with van der Waals surface area (Å²) >= 11 is 3.46. The predicted octanol–water partition coefficient (Wildman–Crippen LogP) is 5.24. The van der Waals surface area contributed by atoms with Gasteiger partial charge < -0.3 is 14.7 Å². The number of allylic oxidation sites excluding steroid dienone is 1. The van der Waals surface area contributed by atoms with Gasteiger partial charge in [-0.05, 0) is 49.6 Å². The molecule has 1 N–H and O–H groups in total. The Hall–Kier alpha value is -2.70. The highest BCUT2D eigenvalue weighted by Crippen LogP contribution is 2.38. The fraction of sp³-hybridized carbons (Fsp3) is 0.280. The number of aliphatic hydroxyl groups is 1. The summed E-state index contributed by atoms with van der Waals surface area (Å²) in [5, 5.41) is 10.6. The van der Waals surface area contributed by atoms with Gasteiger partial charge in [-0.1, -0.05) is 64.5 Å². The first-order chi connectivity index (χ1) is 14.9. The number of aliphatic hydroxyl groups excluding tert-OH is 1. The van der Waals surface area contributed by atoms with Gasteiger partial charge in [0.2, 0.25) is 0 Å². The molecule has 0 aromatic heterocycles. The predicted molar refractivity (Wildman–Crippen MR) is 124 cm³/mol. The molecule has 0 bridgehead atoms. The number of benzene rings is 2. The minimum atomic E-state index is -0.656. The van der Waals surface area contributed by atoms with Crippen molar-refractivity contribution in [2.45, 2.75) is 32.4 Å².